The third kappa shape index (κ3) is 3.58. The first-order valence-electron chi connectivity index (χ1n) is 7.14. The Morgan fingerprint density at radius 1 is 1.12 bits per heavy atom. The van der Waals surface area contributed by atoms with Gasteiger partial charge in [-0.1, -0.05) is 11.6 Å². The topological polar surface area (TPSA) is 62.5 Å². The van der Waals surface area contributed by atoms with Gasteiger partial charge in [0, 0.05) is 11.3 Å². The molecule has 4 nitrogen and oxygen atoms in total. The second kappa shape index (κ2) is 6.76. The summed E-state index contributed by atoms with van der Waals surface area (Å²) >= 11 is 5.93. The van der Waals surface area contributed by atoms with Crippen LogP contribution in [0.5, 0.6) is 0 Å². The molecule has 3 rings (SSSR count). The number of carbonyl (C=O) groups is 1. The first kappa shape index (κ1) is 16.1. The number of rotatable bonds is 5. The average Bonchev–Trinajstić information content (AvgIpc) is 3.02. The molecule has 122 valence electrons. The summed E-state index contributed by atoms with van der Waals surface area (Å²) in [6, 6.07) is 14.3. The standard InChI is InChI=1S/C18H13ClFNO3/c19-16-9-13(5-7-15(16)18(22)23)21-10-14-6-8-17(24-14)11-1-3-12(20)4-2-11/h1-9,21H,10H2,(H,22,23). The Kier molecular flexibility index (Phi) is 4.53. The van der Waals surface area contributed by atoms with Crippen LogP contribution in [0.1, 0.15) is 16.1 Å². The Hall–Kier alpha value is -2.79. The first-order valence-corrected chi connectivity index (χ1v) is 7.52. The highest BCUT2D eigenvalue weighted by atomic mass is 35.5. The summed E-state index contributed by atoms with van der Waals surface area (Å²) in [5.41, 5.74) is 1.53. The fourth-order valence-electron chi connectivity index (χ4n) is 2.23. The molecule has 0 aliphatic carbocycles. The Morgan fingerprint density at radius 2 is 1.88 bits per heavy atom. The third-order valence-electron chi connectivity index (χ3n) is 3.46. The SMILES string of the molecule is O=C(O)c1ccc(NCc2ccc(-c3ccc(F)cc3)o2)cc1Cl. The van der Waals surface area contributed by atoms with Gasteiger partial charge in [0.1, 0.15) is 17.3 Å². The number of aromatic carboxylic acids is 1. The fraction of sp³-hybridized carbons (Fsp3) is 0.0556. The zero-order chi connectivity index (χ0) is 17.1. The van der Waals surface area contributed by atoms with Gasteiger partial charge in [0.15, 0.2) is 0 Å². The molecular weight excluding hydrogens is 333 g/mol. The van der Waals surface area contributed by atoms with Gasteiger partial charge in [-0.15, -0.1) is 0 Å². The molecule has 0 radical (unpaired) electrons. The van der Waals surface area contributed by atoms with Crippen molar-refractivity contribution in [3.63, 3.8) is 0 Å². The number of halogens is 2. The highest BCUT2D eigenvalue weighted by molar-refractivity contribution is 6.33. The average molecular weight is 346 g/mol. The number of anilines is 1. The zero-order valence-corrected chi connectivity index (χ0v) is 13.2. The summed E-state index contributed by atoms with van der Waals surface area (Å²) in [6.45, 7) is 0.407. The molecule has 0 unspecified atom stereocenters. The van der Waals surface area contributed by atoms with Crippen molar-refractivity contribution < 1.29 is 18.7 Å². The molecule has 0 saturated heterocycles. The molecule has 0 saturated carbocycles. The van der Waals surface area contributed by atoms with Gasteiger partial charge in [-0.2, -0.15) is 0 Å². The van der Waals surface area contributed by atoms with Crippen LogP contribution in [0.2, 0.25) is 5.02 Å². The lowest BCUT2D eigenvalue weighted by Crippen LogP contribution is -2.01. The minimum absolute atomic E-state index is 0.0545. The molecule has 2 N–H and O–H groups in total. The van der Waals surface area contributed by atoms with E-state index >= 15 is 0 Å². The summed E-state index contributed by atoms with van der Waals surface area (Å²) in [4.78, 5) is 10.9. The van der Waals surface area contributed by atoms with E-state index < -0.39 is 5.97 Å². The molecule has 1 aromatic heterocycles. The highest BCUT2D eigenvalue weighted by Crippen LogP contribution is 2.24. The van der Waals surface area contributed by atoms with Crippen LogP contribution in [0, 0.1) is 5.82 Å². The first-order chi connectivity index (χ1) is 11.5. The normalized spacial score (nSPS) is 10.6. The molecule has 0 atom stereocenters. The zero-order valence-electron chi connectivity index (χ0n) is 12.4. The van der Waals surface area contributed by atoms with Gasteiger partial charge in [-0.25, -0.2) is 9.18 Å². The fourth-order valence-corrected chi connectivity index (χ4v) is 2.49. The second-order valence-corrected chi connectivity index (χ2v) is 5.53. The minimum atomic E-state index is -1.07. The lowest BCUT2D eigenvalue weighted by atomic mass is 10.2. The van der Waals surface area contributed by atoms with Crippen molar-refractivity contribution >= 4 is 23.3 Å². The van der Waals surface area contributed by atoms with Crippen molar-refractivity contribution in [2.75, 3.05) is 5.32 Å². The molecule has 0 amide bonds. The van der Waals surface area contributed by atoms with E-state index in [-0.39, 0.29) is 16.4 Å². The van der Waals surface area contributed by atoms with Crippen LogP contribution in [-0.2, 0) is 6.54 Å². The van der Waals surface area contributed by atoms with E-state index in [9.17, 15) is 9.18 Å². The third-order valence-corrected chi connectivity index (χ3v) is 3.77. The van der Waals surface area contributed by atoms with Crippen LogP contribution in [0.4, 0.5) is 10.1 Å². The van der Waals surface area contributed by atoms with Crippen molar-refractivity contribution in [2.24, 2.45) is 0 Å². The van der Waals surface area contributed by atoms with E-state index in [2.05, 4.69) is 5.32 Å². The van der Waals surface area contributed by atoms with Crippen LogP contribution >= 0.6 is 11.6 Å². The highest BCUT2D eigenvalue weighted by Gasteiger charge is 2.09. The Morgan fingerprint density at radius 3 is 2.54 bits per heavy atom. The quantitative estimate of drug-likeness (QED) is 0.679. The predicted octanol–water partition coefficient (Wildman–Crippen LogP) is 5.05. The van der Waals surface area contributed by atoms with E-state index in [1.54, 1.807) is 24.3 Å². The van der Waals surface area contributed by atoms with E-state index in [1.165, 1.54) is 18.2 Å². The van der Waals surface area contributed by atoms with Gasteiger partial charge < -0.3 is 14.8 Å². The van der Waals surface area contributed by atoms with Gasteiger partial charge in [0.25, 0.3) is 0 Å². The molecule has 0 spiro atoms. The molecule has 0 fully saturated rings. The maximum absolute atomic E-state index is 12.9. The Balaban J connectivity index is 1.68. The van der Waals surface area contributed by atoms with E-state index in [1.807, 2.05) is 12.1 Å². The Bertz CT molecular complexity index is 874. The van der Waals surface area contributed by atoms with E-state index in [0.29, 0.717) is 23.8 Å². The van der Waals surface area contributed by atoms with Crippen LogP contribution in [0.15, 0.2) is 59.0 Å². The van der Waals surface area contributed by atoms with Crippen molar-refractivity contribution in [2.45, 2.75) is 6.54 Å². The van der Waals surface area contributed by atoms with Crippen LogP contribution in [0.3, 0.4) is 0 Å². The maximum Gasteiger partial charge on any atom is 0.337 e. The summed E-state index contributed by atoms with van der Waals surface area (Å²) in [7, 11) is 0. The van der Waals surface area contributed by atoms with Crippen molar-refractivity contribution in [1.29, 1.82) is 0 Å². The minimum Gasteiger partial charge on any atom is -0.478 e. The lowest BCUT2D eigenvalue weighted by molar-refractivity contribution is 0.0697. The van der Waals surface area contributed by atoms with Crippen molar-refractivity contribution in [3.05, 3.63) is 76.8 Å². The van der Waals surface area contributed by atoms with Crippen LogP contribution < -0.4 is 5.32 Å². The van der Waals surface area contributed by atoms with Gasteiger partial charge in [0.2, 0.25) is 0 Å². The lowest BCUT2D eigenvalue weighted by Gasteiger charge is -2.06. The number of hydrogen-bond donors (Lipinski definition) is 2. The smallest absolute Gasteiger partial charge is 0.337 e. The number of hydrogen-bond acceptors (Lipinski definition) is 3. The van der Waals surface area contributed by atoms with Crippen LogP contribution in [0.25, 0.3) is 11.3 Å². The number of benzene rings is 2. The molecule has 0 bridgehead atoms. The summed E-state index contributed by atoms with van der Waals surface area (Å²) in [6.07, 6.45) is 0. The Labute approximate surface area is 142 Å². The van der Waals surface area contributed by atoms with Gasteiger partial charge in [0.05, 0.1) is 17.1 Å². The molecule has 6 heteroatoms. The number of furan rings is 1. The number of carboxylic acids is 1. The molecule has 1 heterocycles. The second-order valence-electron chi connectivity index (χ2n) is 5.13. The van der Waals surface area contributed by atoms with Gasteiger partial charge in [-0.3, -0.25) is 0 Å². The summed E-state index contributed by atoms with van der Waals surface area (Å²) in [5.74, 6) is -0.0331. The monoisotopic (exact) mass is 345 g/mol. The number of carboxylic acid groups (broad SMARTS) is 1. The van der Waals surface area contributed by atoms with Gasteiger partial charge in [-0.05, 0) is 54.6 Å². The predicted molar refractivity (Wildman–Crippen MR) is 89.8 cm³/mol. The van der Waals surface area contributed by atoms with E-state index in [0.717, 1.165) is 5.56 Å². The molecule has 3 aromatic rings. The molecular formula is C18H13ClFNO3. The molecule has 0 aliphatic rings. The summed E-state index contributed by atoms with van der Waals surface area (Å²) in [5, 5.41) is 12.2. The summed E-state index contributed by atoms with van der Waals surface area (Å²) < 4.78 is 18.7. The van der Waals surface area contributed by atoms with E-state index in [4.69, 9.17) is 21.1 Å². The molecule has 24 heavy (non-hydrogen) atoms. The largest absolute Gasteiger partial charge is 0.478 e. The number of nitrogens with one attached hydrogen (secondary N) is 1. The van der Waals surface area contributed by atoms with Crippen molar-refractivity contribution in [3.8, 4) is 11.3 Å². The van der Waals surface area contributed by atoms with Crippen molar-refractivity contribution in [1.82, 2.24) is 0 Å². The van der Waals surface area contributed by atoms with Crippen LogP contribution in [-0.4, -0.2) is 11.1 Å². The van der Waals surface area contributed by atoms with Gasteiger partial charge >= 0.3 is 5.97 Å². The molecule has 2 aromatic carbocycles. The molecule has 0 aliphatic heterocycles. The maximum atomic E-state index is 12.9.